The molecule has 0 saturated heterocycles. The van der Waals surface area contributed by atoms with Crippen molar-refractivity contribution in [3.05, 3.63) is 39.7 Å². The number of halogens is 2. The molecule has 0 heterocycles. The van der Waals surface area contributed by atoms with E-state index >= 15 is 0 Å². The Morgan fingerprint density at radius 1 is 1.32 bits per heavy atom. The van der Waals surface area contributed by atoms with Crippen LogP contribution in [0, 0.1) is 21.8 Å². The van der Waals surface area contributed by atoms with Gasteiger partial charge in [0.15, 0.2) is 0 Å². The van der Waals surface area contributed by atoms with Crippen LogP contribution in [0.5, 0.6) is 0 Å². The van der Waals surface area contributed by atoms with E-state index in [1.165, 1.54) is 18.6 Å². The maximum atomic E-state index is 13.1. The zero-order valence-electron chi connectivity index (χ0n) is 10.5. The smallest absolute Gasteiger partial charge is 0.277 e. The fraction of sp³-hybridized carbons (Fsp3) is 0.538. The van der Waals surface area contributed by atoms with E-state index in [0.29, 0.717) is 5.56 Å². The molecular weight excluding hydrogens is 271 g/mol. The van der Waals surface area contributed by atoms with Crippen LogP contribution in [0.25, 0.3) is 0 Å². The molecule has 0 radical (unpaired) electrons. The maximum Gasteiger partial charge on any atom is 0.277 e. The highest BCUT2D eigenvalue weighted by Crippen LogP contribution is 2.36. The first kappa shape index (κ1) is 15.9. The van der Waals surface area contributed by atoms with Gasteiger partial charge in [-0.1, -0.05) is 19.3 Å². The highest BCUT2D eigenvalue weighted by atomic mass is 35.5. The zero-order valence-corrected chi connectivity index (χ0v) is 11.4. The minimum absolute atomic E-state index is 0. The van der Waals surface area contributed by atoms with Gasteiger partial charge < -0.3 is 5.73 Å². The SMILES string of the molecule is Cl.N[C@H](c1ccc(F)cc1[N+](=O)[O-])C1CCCCC1. The minimum Gasteiger partial charge on any atom is -0.324 e. The Hall–Kier alpha value is -1.20. The summed E-state index contributed by atoms with van der Waals surface area (Å²) >= 11 is 0. The molecule has 0 amide bonds. The van der Waals surface area contributed by atoms with E-state index in [0.717, 1.165) is 31.7 Å². The Morgan fingerprint density at radius 2 is 1.95 bits per heavy atom. The van der Waals surface area contributed by atoms with Gasteiger partial charge in [0.05, 0.1) is 11.0 Å². The number of nitro groups is 1. The average molecular weight is 289 g/mol. The molecule has 2 N–H and O–H groups in total. The van der Waals surface area contributed by atoms with E-state index < -0.39 is 10.7 Å². The van der Waals surface area contributed by atoms with Crippen LogP contribution in [-0.4, -0.2) is 4.92 Å². The fourth-order valence-corrected chi connectivity index (χ4v) is 2.70. The molecule has 1 fully saturated rings. The van der Waals surface area contributed by atoms with Crippen LogP contribution in [0.15, 0.2) is 18.2 Å². The summed E-state index contributed by atoms with van der Waals surface area (Å²) in [6, 6.07) is 3.28. The van der Waals surface area contributed by atoms with Crippen LogP contribution in [0.4, 0.5) is 10.1 Å². The first-order chi connectivity index (χ1) is 8.59. The Labute approximate surface area is 117 Å². The Morgan fingerprint density at radius 3 is 2.53 bits per heavy atom. The Bertz CT molecular complexity index is 450. The van der Waals surface area contributed by atoms with Crippen LogP contribution in [0.2, 0.25) is 0 Å². The molecule has 0 aliphatic heterocycles. The molecule has 1 aromatic rings. The number of nitro benzene ring substituents is 1. The van der Waals surface area contributed by atoms with Gasteiger partial charge in [-0.25, -0.2) is 4.39 Å². The summed E-state index contributed by atoms with van der Waals surface area (Å²) in [6.07, 6.45) is 5.43. The van der Waals surface area contributed by atoms with Gasteiger partial charge in [-0.15, -0.1) is 12.4 Å². The van der Waals surface area contributed by atoms with Crippen molar-refractivity contribution in [1.29, 1.82) is 0 Å². The van der Waals surface area contributed by atoms with Crippen LogP contribution in [-0.2, 0) is 0 Å². The van der Waals surface area contributed by atoms with Crippen molar-refractivity contribution < 1.29 is 9.31 Å². The second kappa shape index (κ2) is 6.82. The number of hydrogen-bond donors (Lipinski definition) is 1. The molecule has 19 heavy (non-hydrogen) atoms. The zero-order chi connectivity index (χ0) is 13.1. The maximum absolute atomic E-state index is 13.1. The van der Waals surface area contributed by atoms with Crippen LogP contribution in [0.3, 0.4) is 0 Å². The van der Waals surface area contributed by atoms with Crippen LogP contribution >= 0.6 is 12.4 Å². The number of hydrogen-bond acceptors (Lipinski definition) is 3. The van der Waals surface area contributed by atoms with Crippen molar-refractivity contribution in [2.24, 2.45) is 11.7 Å². The first-order valence-electron chi connectivity index (χ1n) is 6.29. The predicted octanol–water partition coefficient (Wildman–Crippen LogP) is 3.74. The lowest BCUT2D eigenvalue weighted by Crippen LogP contribution is -2.24. The van der Waals surface area contributed by atoms with Crippen LogP contribution < -0.4 is 5.73 Å². The van der Waals surface area contributed by atoms with Gasteiger partial charge in [-0.2, -0.15) is 0 Å². The van der Waals surface area contributed by atoms with E-state index in [1.807, 2.05) is 0 Å². The third kappa shape index (κ3) is 3.64. The predicted molar refractivity (Wildman–Crippen MR) is 73.8 cm³/mol. The van der Waals surface area contributed by atoms with Gasteiger partial charge in [0.1, 0.15) is 5.82 Å². The van der Waals surface area contributed by atoms with Crippen molar-refractivity contribution in [3.8, 4) is 0 Å². The van der Waals surface area contributed by atoms with Crippen molar-refractivity contribution in [1.82, 2.24) is 0 Å². The normalized spacial score (nSPS) is 17.6. The van der Waals surface area contributed by atoms with Crippen molar-refractivity contribution in [2.45, 2.75) is 38.1 Å². The van der Waals surface area contributed by atoms with Crippen LogP contribution in [0.1, 0.15) is 43.7 Å². The molecule has 106 valence electrons. The lowest BCUT2D eigenvalue weighted by atomic mass is 9.81. The lowest BCUT2D eigenvalue weighted by molar-refractivity contribution is -0.386. The van der Waals surface area contributed by atoms with Gasteiger partial charge in [0.2, 0.25) is 0 Å². The molecule has 1 aliphatic rings. The van der Waals surface area contributed by atoms with Crippen molar-refractivity contribution in [3.63, 3.8) is 0 Å². The van der Waals surface area contributed by atoms with E-state index in [1.54, 1.807) is 0 Å². The van der Waals surface area contributed by atoms with Crippen molar-refractivity contribution in [2.75, 3.05) is 0 Å². The molecule has 1 aliphatic carbocycles. The molecule has 0 unspecified atom stereocenters. The molecule has 0 bridgehead atoms. The molecular formula is C13H18ClFN2O2. The van der Waals surface area contributed by atoms with Gasteiger partial charge in [0, 0.05) is 11.6 Å². The van der Waals surface area contributed by atoms with Crippen molar-refractivity contribution >= 4 is 18.1 Å². The summed E-state index contributed by atoms with van der Waals surface area (Å²) in [4.78, 5) is 10.4. The summed E-state index contributed by atoms with van der Waals surface area (Å²) in [5, 5.41) is 10.9. The third-order valence-corrected chi connectivity index (χ3v) is 3.71. The lowest BCUT2D eigenvalue weighted by Gasteiger charge is -2.27. The largest absolute Gasteiger partial charge is 0.324 e. The summed E-state index contributed by atoms with van der Waals surface area (Å²) in [5.41, 5.74) is 6.38. The third-order valence-electron chi connectivity index (χ3n) is 3.71. The monoisotopic (exact) mass is 288 g/mol. The minimum atomic E-state index is -0.596. The molecule has 1 atom stereocenters. The van der Waals surface area contributed by atoms with E-state index in [-0.39, 0.29) is 30.1 Å². The number of rotatable bonds is 3. The summed E-state index contributed by atoms with van der Waals surface area (Å²) in [7, 11) is 0. The molecule has 1 aromatic carbocycles. The fourth-order valence-electron chi connectivity index (χ4n) is 2.70. The molecule has 6 heteroatoms. The average Bonchev–Trinajstić information content (AvgIpc) is 2.39. The molecule has 2 rings (SSSR count). The van der Waals surface area contributed by atoms with Gasteiger partial charge in [0.25, 0.3) is 5.69 Å². The number of nitrogens with zero attached hydrogens (tertiary/aromatic N) is 1. The summed E-state index contributed by atoms with van der Waals surface area (Å²) < 4.78 is 13.1. The second-order valence-corrected chi connectivity index (χ2v) is 4.88. The van der Waals surface area contributed by atoms with E-state index in [2.05, 4.69) is 0 Å². The Kier molecular flexibility index (Phi) is 5.69. The standard InChI is InChI=1S/C13H17FN2O2.ClH/c14-10-6-7-11(12(8-10)16(17)18)13(15)9-4-2-1-3-5-9;/h6-9,13H,1-5,15H2;1H/t13-;/m0./s1. The topological polar surface area (TPSA) is 69.2 Å². The summed E-state index contributed by atoms with van der Waals surface area (Å²) in [5.74, 6) is -0.329. The van der Waals surface area contributed by atoms with Gasteiger partial charge in [-0.3, -0.25) is 10.1 Å². The number of benzene rings is 1. The second-order valence-electron chi connectivity index (χ2n) is 4.88. The van der Waals surface area contributed by atoms with Gasteiger partial charge >= 0.3 is 0 Å². The molecule has 0 aromatic heterocycles. The van der Waals surface area contributed by atoms with E-state index in [9.17, 15) is 14.5 Å². The quantitative estimate of drug-likeness (QED) is 0.680. The molecule has 0 spiro atoms. The highest BCUT2D eigenvalue weighted by Gasteiger charge is 2.27. The van der Waals surface area contributed by atoms with E-state index in [4.69, 9.17) is 5.73 Å². The number of nitrogens with two attached hydrogens (primary N) is 1. The molecule has 4 nitrogen and oxygen atoms in total. The Balaban J connectivity index is 0.00000180. The van der Waals surface area contributed by atoms with Gasteiger partial charge in [-0.05, 0) is 30.9 Å². The summed E-state index contributed by atoms with van der Waals surface area (Å²) in [6.45, 7) is 0. The first-order valence-corrected chi connectivity index (χ1v) is 6.29. The highest BCUT2D eigenvalue weighted by molar-refractivity contribution is 5.85. The molecule has 1 saturated carbocycles.